The summed E-state index contributed by atoms with van der Waals surface area (Å²) in [7, 11) is 0. The number of aromatic nitrogens is 1. The number of benzene rings is 1. The highest BCUT2D eigenvalue weighted by molar-refractivity contribution is 7.10. The minimum Gasteiger partial charge on any atom is -0.466 e. The number of ether oxygens (including phenoxy) is 1. The molecule has 1 amide bonds. The molecule has 0 atom stereocenters. The molecule has 1 aliphatic heterocycles. The van der Waals surface area contributed by atoms with Crippen LogP contribution in [0.2, 0.25) is 0 Å². The maximum atomic E-state index is 12.7. The van der Waals surface area contributed by atoms with Gasteiger partial charge in [0, 0.05) is 35.5 Å². The molecule has 0 N–H and O–H groups in total. The van der Waals surface area contributed by atoms with Gasteiger partial charge in [0.15, 0.2) is 0 Å². The van der Waals surface area contributed by atoms with Gasteiger partial charge in [-0.1, -0.05) is 12.1 Å². The number of carbonyl (C=O) groups excluding carboxylic acids is 2. The molecule has 2 fully saturated rings. The first-order valence-corrected chi connectivity index (χ1v) is 10.6. The SMILES string of the molecule is CCOC(=O)C1CCN(C(=O)c2ccc(-c3csc(C4CC4)n3)cc2)CC1. The van der Waals surface area contributed by atoms with E-state index in [0.29, 0.717) is 44.0 Å². The van der Waals surface area contributed by atoms with Gasteiger partial charge in [-0.15, -0.1) is 11.3 Å². The van der Waals surface area contributed by atoms with E-state index in [9.17, 15) is 9.59 Å². The smallest absolute Gasteiger partial charge is 0.309 e. The van der Waals surface area contributed by atoms with Crippen molar-refractivity contribution in [1.82, 2.24) is 9.88 Å². The zero-order valence-electron chi connectivity index (χ0n) is 15.5. The maximum absolute atomic E-state index is 12.7. The number of carbonyl (C=O) groups is 2. The fourth-order valence-electron chi connectivity index (χ4n) is 3.48. The van der Waals surface area contributed by atoms with Crippen molar-refractivity contribution < 1.29 is 14.3 Å². The molecule has 1 aliphatic carbocycles. The molecule has 0 radical (unpaired) electrons. The van der Waals surface area contributed by atoms with Crippen LogP contribution in [-0.4, -0.2) is 41.5 Å². The second-order valence-corrected chi connectivity index (χ2v) is 8.13. The summed E-state index contributed by atoms with van der Waals surface area (Å²) >= 11 is 1.73. The zero-order chi connectivity index (χ0) is 18.8. The Bertz CT molecular complexity index is 818. The summed E-state index contributed by atoms with van der Waals surface area (Å²) in [4.78, 5) is 31.1. The van der Waals surface area contributed by atoms with Gasteiger partial charge in [0.05, 0.1) is 23.2 Å². The third kappa shape index (κ3) is 4.05. The minimum absolute atomic E-state index is 0.0285. The summed E-state index contributed by atoms with van der Waals surface area (Å²) in [5, 5.41) is 3.33. The molecule has 2 aromatic rings. The van der Waals surface area contributed by atoms with Crippen molar-refractivity contribution in [3.05, 3.63) is 40.2 Å². The number of piperidine rings is 1. The number of hydrogen-bond donors (Lipinski definition) is 0. The number of thiazole rings is 1. The van der Waals surface area contributed by atoms with Crippen molar-refractivity contribution in [1.29, 1.82) is 0 Å². The molecule has 1 saturated carbocycles. The summed E-state index contributed by atoms with van der Waals surface area (Å²) in [5.41, 5.74) is 2.73. The van der Waals surface area contributed by atoms with Gasteiger partial charge in [0.25, 0.3) is 5.91 Å². The van der Waals surface area contributed by atoms with Crippen LogP contribution in [0.1, 0.15) is 53.9 Å². The molecular formula is C21H24N2O3S. The summed E-state index contributed by atoms with van der Waals surface area (Å²) in [6.07, 6.45) is 3.86. The molecule has 1 aromatic carbocycles. The average Bonchev–Trinajstić information content (AvgIpc) is 3.45. The van der Waals surface area contributed by atoms with Crippen LogP contribution in [0.5, 0.6) is 0 Å². The number of hydrogen-bond acceptors (Lipinski definition) is 5. The summed E-state index contributed by atoms with van der Waals surface area (Å²) in [5.74, 6) is 0.479. The first-order valence-electron chi connectivity index (χ1n) is 9.67. The Morgan fingerprint density at radius 2 is 1.85 bits per heavy atom. The zero-order valence-corrected chi connectivity index (χ0v) is 16.3. The van der Waals surface area contributed by atoms with Gasteiger partial charge in [0.2, 0.25) is 0 Å². The Morgan fingerprint density at radius 3 is 2.48 bits per heavy atom. The van der Waals surface area contributed by atoms with E-state index in [1.807, 2.05) is 36.1 Å². The summed E-state index contributed by atoms with van der Waals surface area (Å²) in [6.45, 7) is 3.42. The van der Waals surface area contributed by atoms with Crippen LogP contribution in [0.15, 0.2) is 29.6 Å². The van der Waals surface area contributed by atoms with Gasteiger partial charge in [-0.25, -0.2) is 4.98 Å². The Kier molecular flexibility index (Phi) is 5.25. The fourth-order valence-corrected chi connectivity index (χ4v) is 4.48. The van der Waals surface area contributed by atoms with E-state index in [2.05, 4.69) is 5.38 Å². The second-order valence-electron chi connectivity index (χ2n) is 7.24. The third-order valence-electron chi connectivity index (χ3n) is 5.28. The monoisotopic (exact) mass is 384 g/mol. The van der Waals surface area contributed by atoms with Crippen LogP contribution in [0.4, 0.5) is 0 Å². The highest BCUT2D eigenvalue weighted by Gasteiger charge is 2.29. The van der Waals surface area contributed by atoms with Crippen molar-refractivity contribution >= 4 is 23.2 Å². The van der Waals surface area contributed by atoms with Gasteiger partial charge >= 0.3 is 5.97 Å². The number of esters is 1. The molecule has 1 aromatic heterocycles. The van der Waals surface area contributed by atoms with Crippen LogP contribution in [-0.2, 0) is 9.53 Å². The lowest BCUT2D eigenvalue weighted by Crippen LogP contribution is -2.40. The van der Waals surface area contributed by atoms with E-state index in [4.69, 9.17) is 9.72 Å². The molecule has 4 rings (SSSR count). The van der Waals surface area contributed by atoms with Gasteiger partial charge in [0.1, 0.15) is 0 Å². The highest BCUT2D eigenvalue weighted by Crippen LogP contribution is 2.42. The number of likely N-dealkylation sites (tertiary alicyclic amines) is 1. The standard InChI is InChI=1S/C21H24N2O3S/c1-2-26-21(25)17-9-11-23(12-10-17)20(24)16-7-3-14(4-8-16)18-13-27-19(22-18)15-5-6-15/h3-4,7-8,13,15,17H,2,5-6,9-12H2,1H3. The van der Waals surface area contributed by atoms with Crippen LogP contribution in [0, 0.1) is 5.92 Å². The van der Waals surface area contributed by atoms with Crippen molar-refractivity contribution in [2.75, 3.05) is 19.7 Å². The highest BCUT2D eigenvalue weighted by atomic mass is 32.1. The van der Waals surface area contributed by atoms with Gasteiger partial charge in [-0.2, -0.15) is 0 Å². The molecule has 27 heavy (non-hydrogen) atoms. The lowest BCUT2D eigenvalue weighted by molar-refractivity contribution is -0.149. The summed E-state index contributed by atoms with van der Waals surface area (Å²) < 4.78 is 5.09. The molecule has 2 heterocycles. The van der Waals surface area contributed by atoms with Crippen LogP contribution in [0.25, 0.3) is 11.3 Å². The number of rotatable bonds is 5. The van der Waals surface area contributed by atoms with E-state index >= 15 is 0 Å². The van der Waals surface area contributed by atoms with E-state index in [1.54, 1.807) is 11.3 Å². The predicted octanol–water partition coefficient (Wildman–Crippen LogP) is 4.10. The second kappa shape index (κ2) is 7.80. The third-order valence-corrected chi connectivity index (χ3v) is 6.29. The predicted molar refractivity (Wildman–Crippen MR) is 105 cm³/mol. The number of nitrogens with zero attached hydrogens (tertiary/aromatic N) is 2. The molecule has 0 spiro atoms. The van der Waals surface area contributed by atoms with E-state index in [1.165, 1.54) is 17.8 Å². The summed E-state index contributed by atoms with van der Waals surface area (Å²) in [6, 6.07) is 7.71. The Hall–Kier alpha value is -2.21. The van der Waals surface area contributed by atoms with Crippen molar-refractivity contribution in [2.24, 2.45) is 5.92 Å². The molecular weight excluding hydrogens is 360 g/mol. The number of amides is 1. The molecule has 0 bridgehead atoms. The van der Waals surface area contributed by atoms with E-state index in [0.717, 1.165) is 11.3 Å². The van der Waals surface area contributed by atoms with E-state index in [-0.39, 0.29) is 17.8 Å². The van der Waals surface area contributed by atoms with Crippen LogP contribution in [0.3, 0.4) is 0 Å². The van der Waals surface area contributed by atoms with Gasteiger partial charge in [-0.05, 0) is 44.7 Å². The van der Waals surface area contributed by atoms with Crippen molar-refractivity contribution in [3.8, 4) is 11.3 Å². The minimum atomic E-state index is -0.136. The lowest BCUT2D eigenvalue weighted by Gasteiger charge is -2.31. The first kappa shape index (κ1) is 18.2. The maximum Gasteiger partial charge on any atom is 0.309 e. The Labute approximate surface area is 163 Å². The molecule has 6 heteroatoms. The fraction of sp³-hybridized carbons (Fsp3) is 0.476. The van der Waals surface area contributed by atoms with Crippen LogP contribution < -0.4 is 0 Å². The molecule has 1 saturated heterocycles. The van der Waals surface area contributed by atoms with E-state index < -0.39 is 0 Å². The van der Waals surface area contributed by atoms with Crippen molar-refractivity contribution in [2.45, 2.75) is 38.5 Å². The topological polar surface area (TPSA) is 59.5 Å². The average molecular weight is 385 g/mol. The quantitative estimate of drug-likeness (QED) is 0.728. The first-order chi connectivity index (χ1) is 13.2. The Morgan fingerprint density at radius 1 is 1.15 bits per heavy atom. The van der Waals surface area contributed by atoms with Gasteiger partial charge < -0.3 is 9.64 Å². The molecule has 5 nitrogen and oxygen atoms in total. The molecule has 0 unspecified atom stereocenters. The van der Waals surface area contributed by atoms with Crippen LogP contribution >= 0.6 is 11.3 Å². The largest absolute Gasteiger partial charge is 0.466 e. The normalized spacial score (nSPS) is 17.7. The molecule has 2 aliphatic rings. The Balaban J connectivity index is 1.37. The molecule has 142 valence electrons. The lowest BCUT2D eigenvalue weighted by atomic mass is 9.96. The van der Waals surface area contributed by atoms with Gasteiger partial charge in [-0.3, -0.25) is 9.59 Å². The van der Waals surface area contributed by atoms with Crippen molar-refractivity contribution in [3.63, 3.8) is 0 Å².